The van der Waals surface area contributed by atoms with Crippen LogP contribution in [0.2, 0.25) is 19.6 Å². The molecular formula is C57H42N2O2Si. The largest absolute Gasteiger partial charge is 0.456 e. The Morgan fingerprint density at radius 3 is 1.69 bits per heavy atom. The first-order valence-corrected chi connectivity index (χ1v) is 24.8. The van der Waals surface area contributed by atoms with Gasteiger partial charge in [-0.15, -0.1) is 0 Å². The maximum atomic E-state index is 6.96. The van der Waals surface area contributed by atoms with Crippen molar-refractivity contribution in [2.45, 2.75) is 19.6 Å². The van der Waals surface area contributed by atoms with Gasteiger partial charge >= 0.3 is 0 Å². The van der Waals surface area contributed by atoms with Crippen molar-refractivity contribution >= 4 is 102 Å². The van der Waals surface area contributed by atoms with E-state index in [0.29, 0.717) is 0 Å². The van der Waals surface area contributed by atoms with E-state index in [1.165, 1.54) is 32.3 Å². The highest BCUT2D eigenvalue weighted by atomic mass is 28.3. The lowest BCUT2D eigenvalue weighted by molar-refractivity contribution is 0.487. The molecule has 0 fully saturated rings. The van der Waals surface area contributed by atoms with Crippen molar-refractivity contribution in [1.82, 2.24) is 0 Å². The van der Waals surface area contributed by atoms with Crippen molar-refractivity contribution in [2.75, 3.05) is 9.80 Å². The minimum absolute atomic E-state index is 0.847. The molecule has 0 aliphatic carbocycles. The van der Waals surface area contributed by atoms with Crippen LogP contribution in [-0.2, 0) is 0 Å². The smallest absolute Gasteiger partial charge is 0.137 e. The zero-order chi connectivity index (χ0) is 41.5. The van der Waals surface area contributed by atoms with E-state index in [2.05, 4.69) is 217 Å². The van der Waals surface area contributed by atoms with Gasteiger partial charge in [0.25, 0.3) is 0 Å². The molecule has 10 aromatic carbocycles. The Kier molecular flexibility index (Phi) is 8.18. The summed E-state index contributed by atoms with van der Waals surface area (Å²) in [6.45, 7) is 7.18. The molecule has 0 bridgehead atoms. The third kappa shape index (κ3) is 5.81. The van der Waals surface area contributed by atoms with Crippen LogP contribution >= 0.6 is 0 Å². The van der Waals surface area contributed by atoms with Gasteiger partial charge in [-0.2, -0.15) is 0 Å². The van der Waals surface area contributed by atoms with Crippen molar-refractivity contribution in [3.8, 4) is 22.6 Å². The first-order chi connectivity index (χ1) is 30.4. The fourth-order valence-electron chi connectivity index (χ4n) is 9.56. The molecule has 0 N–H and O–H groups in total. The zero-order valence-corrected chi connectivity index (χ0v) is 35.8. The zero-order valence-electron chi connectivity index (χ0n) is 34.8. The van der Waals surface area contributed by atoms with Crippen LogP contribution in [-0.4, -0.2) is 8.07 Å². The van der Waals surface area contributed by atoms with Crippen molar-refractivity contribution < 1.29 is 9.15 Å². The Labute approximate surface area is 361 Å². The number of hydrogen-bond donors (Lipinski definition) is 0. The summed E-state index contributed by atoms with van der Waals surface area (Å²) in [6.07, 6.45) is 0. The van der Waals surface area contributed by atoms with Crippen LogP contribution < -0.4 is 19.7 Å². The Bertz CT molecular complexity index is 3540. The number of nitrogens with zero attached hydrogens (tertiary/aromatic N) is 2. The number of ether oxygens (including phenoxy) is 1. The van der Waals surface area contributed by atoms with E-state index in [0.717, 1.165) is 83.9 Å². The second kappa shape index (κ2) is 14.0. The number of hydrogen-bond acceptors (Lipinski definition) is 4. The summed E-state index contributed by atoms with van der Waals surface area (Å²) in [6, 6.07) is 72.1. The van der Waals surface area contributed by atoms with E-state index >= 15 is 0 Å². The summed E-state index contributed by atoms with van der Waals surface area (Å²) in [4.78, 5) is 4.72. The van der Waals surface area contributed by atoms with Gasteiger partial charge in [-0.25, -0.2) is 0 Å². The molecule has 0 spiro atoms. The van der Waals surface area contributed by atoms with Gasteiger partial charge in [0.2, 0.25) is 0 Å². The lowest BCUT2D eigenvalue weighted by atomic mass is 9.88. The molecule has 0 unspecified atom stereocenters. The van der Waals surface area contributed by atoms with Crippen LogP contribution in [0.25, 0.3) is 65.4 Å². The maximum absolute atomic E-state index is 6.96. The van der Waals surface area contributed by atoms with Crippen molar-refractivity contribution in [3.05, 3.63) is 200 Å². The van der Waals surface area contributed by atoms with E-state index in [1.54, 1.807) is 0 Å². The fraction of sp³-hybridized carbons (Fsp3) is 0.0526. The lowest BCUT2D eigenvalue weighted by Gasteiger charge is -2.29. The number of rotatable bonds is 7. The van der Waals surface area contributed by atoms with E-state index in [1.807, 2.05) is 12.1 Å². The molecule has 0 atom stereocenters. The van der Waals surface area contributed by atoms with Gasteiger partial charge in [0.15, 0.2) is 0 Å². The summed E-state index contributed by atoms with van der Waals surface area (Å²) in [5, 5.41) is 10.7. The number of furan rings is 1. The van der Waals surface area contributed by atoms with Crippen molar-refractivity contribution in [3.63, 3.8) is 0 Å². The minimum Gasteiger partial charge on any atom is -0.456 e. The Morgan fingerprint density at radius 1 is 0.355 bits per heavy atom. The van der Waals surface area contributed by atoms with Gasteiger partial charge in [0.05, 0.1) is 13.8 Å². The molecule has 0 amide bonds. The highest BCUT2D eigenvalue weighted by molar-refractivity contribution is 6.88. The second-order valence-corrected chi connectivity index (χ2v) is 22.4. The molecule has 0 radical (unpaired) electrons. The van der Waals surface area contributed by atoms with Crippen molar-refractivity contribution in [2.24, 2.45) is 0 Å². The normalized spacial score (nSPS) is 12.2. The van der Waals surface area contributed by atoms with E-state index in [-0.39, 0.29) is 0 Å². The SMILES string of the molecule is C[Si](C)(C)c1ccc(N(c2ccccc2)c2ccc3c(c2)Oc2cccc4c2c-3cc2c3ccccc3c(N(c3ccccc3)c3ccc5oc6ccccc6c5c3)cc42)cc1. The number of para-hydroxylation sites is 3. The molecule has 296 valence electrons. The average Bonchev–Trinajstić information content (AvgIpc) is 3.68. The summed E-state index contributed by atoms with van der Waals surface area (Å²) in [7, 11) is -1.46. The minimum atomic E-state index is -1.46. The number of benzene rings is 10. The molecule has 0 saturated heterocycles. The molecule has 0 saturated carbocycles. The molecule has 62 heavy (non-hydrogen) atoms. The van der Waals surface area contributed by atoms with Gasteiger partial charge in [0, 0.05) is 61.6 Å². The van der Waals surface area contributed by atoms with Gasteiger partial charge < -0.3 is 19.0 Å². The second-order valence-electron chi connectivity index (χ2n) is 17.3. The predicted molar refractivity (Wildman–Crippen MR) is 264 cm³/mol. The molecule has 12 rings (SSSR count). The Morgan fingerprint density at radius 2 is 0.935 bits per heavy atom. The highest BCUT2D eigenvalue weighted by Gasteiger charge is 2.26. The summed E-state index contributed by atoms with van der Waals surface area (Å²) >= 11 is 0. The number of anilines is 6. The standard InChI is InChI=1S/C57H42N2O2Si/c1-62(2,3)42-29-25-39(26-30-42)58(37-15-6-4-7-16-37)41-27-31-46-51-35-48-43-19-10-11-20-44(43)52(36-49(48)47-22-14-24-55(57(47)51)61-56(46)34-41)59(38-17-8-5-9-18-38)40-28-32-54-50(33-40)45-21-12-13-23-53(45)60-54/h4-36H,1-3H3. The Hall–Kier alpha value is -7.60. The first-order valence-electron chi connectivity index (χ1n) is 21.3. The first kappa shape index (κ1) is 36.3. The monoisotopic (exact) mass is 814 g/mol. The predicted octanol–water partition coefficient (Wildman–Crippen LogP) is 16.3. The topological polar surface area (TPSA) is 28.9 Å². The van der Waals surface area contributed by atoms with E-state index in [9.17, 15) is 0 Å². The van der Waals surface area contributed by atoms with Gasteiger partial charge in [-0.1, -0.05) is 128 Å². The highest BCUT2D eigenvalue weighted by Crippen LogP contribution is 2.53. The quantitative estimate of drug-likeness (QED) is 0.118. The molecule has 11 aromatic rings. The fourth-order valence-corrected chi connectivity index (χ4v) is 10.7. The van der Waals surface area contributed by atoms with Crippen LogP contribution in [0, 0.1) is 0 Å². The van der Waals surface area contributed by atoms with Gasteiger partial charge in [-0.3, -0.25) is 0 Å². The van der Waals surface area contributed by atoms with Crippen LogP contribution in [0.4, 0.5) is 34.1 Å². The molecular weight excluding hydrogens is 773 g/mol. The molecule has 1 aliphatic heterocycles. The van der Waals surface area contributed by atoms with Crippen LogP contribution in [0.3, 0.4) is 0 Å². The molecule has 5 heteroatoms. The summed E-state index contributed by atoms with van der Waals surface area (Å²) in [5.41, 5.74) is 10.5. The Balaban J connectivity index is 1.05. The molecule has 1 aromatic heterocycles. The van der Waals surface area contributed by atoms with E-state index in [4.69, 9.17) is 9.15 Å². The van der Waals surface area contributed by atoms with Crippen LogP contribution in [0.15, 0.2) is 205 Å². The maximum Gasteiger partial charge on any atom is 0.137 e. The van der Waals surface area contributed by atoms with Gasteiger partial charge in [0.1, 0.15) is 22.7 Å². The van der Waals surface area contributed by atoms with Gasteiger partial charge in [-0.05, 0) is 118 Å². The lowest BCUT2D eigenvalue weighted by Crippen LogP contribution is -2.37. The van der Waals surface area contributed by atoms with Crippen LogP contribution in [0.5, 0.6) is 11.5 Å². The van der Waals surface area contributed by atoms with E-state index < -0.39 is 8.07 Å². The van der Waals surface area contributed by atoms with Crippen molar-refractivity contribution in [1.29, 1.82) is 0 Å². The van der Waals surface area contributed by atoms with Crippen LogP contribution in [0.1, 0.15) is 0 Å². The summed E-state index contributed by atoms with van der Waals surface area (Å²) in [5.74, 6) is 1.71. The molecule has 1 aliphatic rings. The number of fused-ring (bicyclic) bond motifs is 9. The summed E-state index contributed by atoms with van der Waals surface area (Å²) < 4.78 is 13.2. The molecule has 2 heterocycles. The molecule has 4 nitrogen and oxygen atoms in total. The average molecular weight is 815 g/mol. The third-order valence-corrected chi connectivity index (χ3v) is 14.6. The third-order valence-electron chi connectivity index (χ3n) is 12.6.